The molecule has 1 amide bonds. The lowest BCUT2D eigenvalue weighted by Gasteiger charge is -2.18. The van der Waals surface area contributed by atoms with Crippen LogP contribution in [0.1, 0.15) is 29.3 Å². The highest BCUT2D eigenvalue weighted by molar-refractivity contribution is 6.02. The van der Waals surface area contributed by atoms with Crippen LogP contribution in [0.2, 0.25) is 0 Å². The van der Waals surface area contributed by atoms with Crippen molar-refractivity contribution in [2.24, 2.45) is 0 Å². The van der Waals surface area contributed by atoms with E-state index in [0.29, 0.717) is 23.4 Å². The summed E-state index contributed by atoms with van der Waals surface area (Å²) in [5.74, 6) is -0.184. The standard InChI is InChI=1S/C19H21NO4/c1-4-17(24-14-11-9-13(2)10-12-14)18(21)20-16-8-6-5-7-15(16)19(22)23-3/h5-12,17H,4H2,1-3H3,(H,20,21)/t17-/m0/s1. The zero-order valence-corrected chi connectivity index (χ0v) is 14.0. The number of hydrogen-bond donors (Lipinski definition) is 1. The number of aryl methyl sites for hydroxylation is 1. The highest BCUT2D eigenvalue weighted by Gasteiger charge is 2.21. The highest BCUT2D eigenvalue weighted by Crippen LogP contribution is 2.19. The molecule has 0 heterocycles. The van der Waals surface area contributed by atoms with E-state index in [1.807, 2.05) is 38.1 Å². The van der Waals surface area contributed by atoms with Crippen LogP contribution < -0.4 is 10.1 Å². The van der Waals surface area contributed by atoms with Crippen LogP contribution >= 0.6 is 0 Å². The minimum Gasteiger partial charge on any atom is -0.481 e. The molecule has 0 aromatic heterocycles. The largest absolute Gasteiger partial charge is 0.481 e. The van der Waals surface area contributed by atoms with Crippen LogP contribution in [-0.4, -0.2) is 25.1 Å². The molecule has 2 aromatic rings. The summed E-state index contributed by atoms with van der Waals surface area (Å²) in [7, 11) is 1.30. The lowest BCUT2D eigenvalue weighted by Crippen LogP contribution is -2.32. The van der Waals surface area contributed by atoms with Gasteiger partial charge in [0.05, 0.1) is 18.4 Å². The number of nitrogens with one attached hydrogen (secondary N) is 1. The summed E-state index contributed by atoms with van der Waals surface area (Å²) in [4.78, 5) is 24.3. The number of carbonyl (C=O) groups excluding carboxylic acids is 2. The van der Waals surface area contributed by atoms with Gasteiger partial charge in [-0.05, 0) is 37.6 Å². The number of amides is 1. The Morgan fingerprint density at radius 2 is 1.75 bits per heavy atom. The van der Waals surface area contributed by atoms with Gasteiger partial charge in [0.2, 0.25) is 0 Å². The van der Waals surface area contributed by atoms with Gasteiger partial charge in [0.1, 0.15) is 5.75 Å². The van der Waals surface area contributed by atoms with Crippen LogP contribution in [0.5, 0.6) is 5.75 Å². The Hall–Kier alpha value is -2.82. The smallest absolute Gasteiger partial charge is 0.339 e. The first-order valence-electron chi connectivity index (χ1n) is 7.76. The minimum atomic E-state index is -0.654. The van der Waals surface area contributed by atoms with Crippen molar-refractivity contribution in [3.05, 3.63) is 59.7 Å². The Labute approximate surface area is 141 Å². The van der Waals surface area contributed by atoms with Gasteiger partial charge in [0.25, 0.3) is 5.91 Å². The molecule has 2 aromatic carbocycles. The molecular weight excluding hydrogens is 306 g/mol. The maximum atomic E-state index is 12.5. The summed E-state index contributed by atoms with van der Waals surface area (Å²) in [5.41, 5.74) is 1.82. The molecule has 0 saturated heterocycles. The summed E-state index contributed by atoms with van der Waals surface area (Å²) in [6.45, 7) is 3.85. The fourth-order valence-electron chi connectivity index (χ4n) is 2.20. The van der Waals surface area contributed by atoms with E-state index in [2.05, 4.69) is 5.32 Å². The van der Waals surface area contributed by atoms with Crippen LogP contribution in [0.15, 0.2) is 48.5 Å². The van der Waals surface area contributed by atoms with Crippen molar-refractivity contribution < 1.29 is 19.1 Å². The van der Waals surface area contributed by atoms with Crippen LogP contribution in [0, 0.1) is 6.92 Å². The second-order valence-electron chi connectivity index (χ2n) is 5.35. The normalized spacial score (nSPS) is 11.5. The van der Waals surface area contributed by atoms with Gasteiger partial charge in [-0.15, -0.1) is 0 Å². The molecule has 1 N–H and O–H groups in total. The van der Waals surface area contributed by atoms with Crippen LogP contribution in [0.25, 0.3) is 0 Å². The van der Waals surface area contributed by atoms with Gasteiger partial charge < -0.3 is 14.8 Å². The van der Waals surface area contributed by atoms with Crippen LogP contribution in [-0.2, 0) is 9.53 Å². The molecule has 0 radical (unpaired) electrons. The van der Waals surface area contributed by atoms with E-state index in [1.165, 1.54) is 7.11 Å². The van der Waals surface area contributed by atoms with E-state index in [1.54, 1.807) is 24.3 Å². The maximum Gasteiger partial charge on any atom is 0.339 e. The van der Waals surface area contributed by atoms with Gasteiger partial charge in [0, 0.05) is 0 Å². The predicted octanol–water partition coefficient (Wildman–Crippen LogP) is 3.58. The Bertz CT molecular complexity index is 710. The number of para-hydroxylation sites is 1. The SMILES string of the molecule is CC[C@H](Oc1ccc(C)cc1)C(=O)Nc1ccccc1C(=O)OC. The summed E-state index contributed by atoms with van der Waals surface area (Å²) >= 11 is 0. The summed E-state index contributed by atoms with van der Waals surface area (Å²) in [6.07, 6.45) is -0.154. The van der Waals surface area contributed by atoms with E-state index in [0.717, 1.165) is 5.56 Å². The molecule has 0 aliphatic carbocycles. The highest BCUT2D eigenvalue weighted by atomic mass is 16.5. The Morgan fingerprint density at radius 3 is 2.38 bits per heavy atom. The van der Waals surface area contributed by atoms with Crippen molar-refractivity contribution in [2.75, 3.05) is 12.4 Å². The average molecular weight is 327 g/mol. The van der Waals surface area contributed by atoms with E-state index >= 15 is 0 Å². The van der Waals surface area contributed by atoms with E-state index < -0.39 is 12.1 Å². The monoisotopic (exact) mass is 327 g/mol. The molecule has 1 atom stereocenters. The minimum absolute atomic E-state index is 0.304. The number of ether oxygens (including phenoxy) is 2. The topological polar surface area (TPSA) is 64.6 Å². The number of esters is 1. The number of rotatable bonds is 6. The first-order valence-corrected chi connectivity index (χ1v) is 7.76. The Morgan fingerprint density at radius 1 is 1.08 bits per heavy atom. The summed E-state index contributed by atoms with van der Waals surface area (Å²) in [5, 5.41) is 2.74. The molecule has 0 aliphatic heterocycles. The van der Waals surface area contributed by atoms with Gasteiger partial charge >= 0.3 is 5.97 Å². The fraction of sp³-hybridized carbons (Fsp3) is 0.263. The molecular formula is C19H21NO4. The lowest BCUT2D eigenvalue weighted by molar-refractivity contribution is -0.122. The van der Waals surface area contributed by atoms with Crippen molar-refractivity contribution in [1.29, 1.82) is 0 Å². The molecule has 0 unspecified atom stereocenters. The fourth-order valence-corrected chi connectivity index (χ4v) is 2.20. The van der Waals surface area contributed by atoms with E-state index in [9.17, 15) is 9.59 Å². The molecule has 24 heavy (non-hydrogen) atoms. The van der Waals surface area contributed by atoms with Crippen molar-refractivity contribution in [3.8, 4) is 5.75 Å². The zero-order chi connectivity index (χ0) is 17.5. The van der Waals surface area contributed by atoms with Crippen LogP contribution in [0.4, 0.5) is 5.69 Å². The second-order valence-corrected chi connectivity index (χ2v) is 5.35. The molecule has 126 valence electrons. The van der Waals surface area contributed by atoms with Gasteiger partial charge in [0.15, 0.2) is 6.10 Å². The number of hydrogen-bond acceptors (Lipinski definition) is 4. The van der Waals surface area contributed by atoms with E-state index in [-0.39, 0.29) is 5.91 Å². The predicted molar refractivity (Wildman–Crippen MR) is 92.3 cm³/mol. The first kappa shape index (κ1) is 17.5. The quantitative estimate of drug-likeness (QED) is 0.824. The summed E-state index contributed by atoms with van der Waals surface area (Å²) in [6, 6.07) is 14.2. The van der Waals surface area contributed by atoms with Crippen LogP contribution in [0.3, 0.4) is 0 Å². The number of anilines is 1. The van der Waals surface area contributed by atoms with Gasteiger partial charge in [-0.2, -0.15) is 0 Å². The maximum absolute atomic E-state index is 12.5. The third-order valence-corrected chi connectivity index (χ3v) is 3.55. The average Bonchev–Trinajstić information content (AvgIpc) is 2.61. The molecule has 0 bridgehead atoms. The molecule has 0 aliphatic rings. The molecule has 0 spiro atoms. The third-order valence-electron chi connectivity index (χ3n) is 3.55. The Balaban J connectivity index is 2.12. The van der Waals surface area contributed by atoms with Crippen molar-refractivity contribution >= 4 is 17.6 Å². The van der Waals surface area contributed by atoms with Gasteiger partial charge in [-0.1, -0.05) is 36.8 Å². The van der Waals surface area contributed by atoms with Gasteiger partial charge in [-0.25, -0.2) is 4.79 Å². The lowest BCUT2D eigenvalue weighted by atomic mass is 10.1. The zero-order valence-electron chi connectivity index (χ0n) is 14.0. The third kappa shape index (κ3) is 4.35. The van der Waals surface area contributed by atoms with Crippen molar-refractivity contribution in [2.45, 2.75) is 26.4 Å². The number of carbonyl (C=O) groups is 2. The summed E-state index contributed by atoms with van der Waals surface area (Å²) < 4.78 is 10.5. The number of methoxy groups -OCH3 is 1. The molecule has 0 saturated carbocycles. The number of benzene rings is 2. The molecule has 2 rings (SSSR count). The Kier molecular flexibility index (Phi) is 5.95. The molecule has 5 nitrogen and oxygen atoms in total. The second kappa shape index (κ2) is 8.15. The first-order chi connectivity index (χ1) is 11.5. The van der Waals surface area contributed by atoms with Gasteiger partial charge in [-0.3, -0.25) is 4.79 Å². The molecule has 0 fully saturated rings. The molecule has 5 heteroatoms. The van der Waals surface area contributed by atoms with E-state index in [4.69, 9.17) is 9.47 Å². The van der Waals surface area contributed by atoms with Crippen molar-refractivity contribution in [3.63, 3.8) is 0 Å². The van der Waals surface area contributed by atoms with Crippen molar-refractivity contribution in [1.82, 2.24) is 0 Å².